The molecule has 3 heterocycles. The highest BCUT2D eigenvalue weighted by Crippen LogP contribution is 2.45. The molecule has 1 aromatic carbocycles. The molecule has 0 radical (unpaired) electrons. The smallest absolute Gasteiger partial charge is 0.282 e. The minimum absolute atomic E-state index is 0.0436. The molecular formula is C25H24FN3O5. The standard InChI is InChI=1S/C25H24FN3O5/c26-18-4-1-2-5-19(18)29-24(32)17(8-11-28-29)20(30)12-15-14-27-10-7-16(15)21-13-22(31)25(33)9-3-6-23(25)34-21/h1-2,4-5,7-8,10-11,14,21-23,31,33H,3,6,9,12-13H2/t21-,22-,23-,25+/m1/s1. The number of aliphatic hydroxyl groups is 2. The predicted octanol–water partition coefficient (Wildman–Crippen LogP) is 2.30. The fraction of sp³-hybridized carbons (Fsp3) is 0.360. The molecule has 176 valence electrons. The van der Waals surface area contributed by atoms with Crippen LogP contribution in [0.3, 0.4) is 0 Å². The number of hydrogen-bond acceptors (Lipinski definition) is 7. The van der Waals surface area contributed by atoms with Crippen molar-refractivity contribution in [2.75, 3.05) is 0 Å². The molecule has 2 aromatic heterocycles. The van der Waals surface area contributed by atoms with E-state index in [1.807, 2.05) is 0 Å². The lowest BCUT2D eigenvalue weighted by molar-refractivity contribution is -0.215. The monoisotopic (exact) mass is 465 g/mol. The van der Waals surface area contributed by atoms with Crippen molar-refractivity contribution in [1.82, 2.24) is 14.8 Å². The molecule has 1 aliphatic heterocycles. The Morgan fingerprint density at radius 3 is 2.88 bits per heavy atom. The van der Waals surface area contributed by atoms with Crippen molar-refractivity contribution >= 4 is 5.78 Å². The number of carbonyl (C=O) groups is 1. The fourth-order valence-corrected chi connectivity index (χ4v) is 5.00. The van der Waals surface area contributed by atoms with E-state index in [9.17, 15) is 24.2 Å². The molecule has 4 atom stereocenters. The van der Waals surface area contributed by atoms with Crippen molar-refractivity contribution in [2.24, 2.45) is 0 Å². The number of aliphatic hydroxyl groups excluding tert-OH is 1. The maximum Gasteiger partial charge on any atom is 0.282 e. The van der Waals surface area contributed by atoms with Crippen molar-refractivity contribution in [1.29, 1.82) is 0 Å². The quantitative estimate of drug-likeness (QED) is 0.556. The molecule has 3 aromatic rings. The van der Waals surface area contributed by atoms with E-state index in [0.29, 0.717) is 24.0 Å². The number of pyridine rings is 1. The molecule has 0 bridgehead atoms. The normalized spacial score (nSPS) is 26.3. The molecule has 1 saturated carbocycles. The molecule has 0 unspecified atom stereocenters. The second-order valence-corrected chi connectivity index (χ2v) is 8.84. The Hall–Kier alpha value is -3.27. The minimum Gasteiger partial charge on any atom is -0.390 e. The molecule has 2 fully saturated rings. The Labute approximate surface area is 194 Å². The third-order valence-corrected chi connectivity index (χ3v) is 6.81. The number of Topliss-reactive ketones (excluding diaryl/α,β-unsaturated/α-hetero) is 1. The van der Waals surface area contributed by atoms with Gasteiger partial charge in [-0.2, -0.15) is 9.78 Å². The van der Waals surface area contributed by atoms with Gasteiger partial charge in [0, 0.05) is 31.4 Å². The second-order valence-electron chi connectivity index (χ2n) is 8.84. The number of nitrogens with zero attached hydrogens (tertiary/aromatic N) is 3. The first-order chi connectivity index (χ1) is 16.4. The first-order valence-corrected chi connectivity index (χ1v) is 11.2. The highest BCUT2D eigenvalue weighted by Gasteiger charge is 2.52. The molecular weight excluding hydrogens is 441 g/mol. The van der Waals surface area contributed by atoms with Gasteiger partial charge in [0.05, 0.1) is 23.9 Å². The van der Waals surface area contributed by atoms with Crippen LogP contribution in [-0.2, 0) is 11.2 Å². The number of fused-ring (bicyclic) bond motifs is 1. The largest absolute Gasteiger partial charge is 0.390 e. The maximum absolute atomic E-state index is 14.2. The third kappa shape index (κ3) is 3.85. The Bertz CT molecular complexity index is 1300. The predicted molar refractivity (Wildman–Crippen MR) is 119 cm³/mol. The van der Waals surface area contributed by atoms with Crippen LogP contribution >= 0.6 is 0 Å². The van der Waals surface area contributed by atoms with Crippen LogP contribution in [0.1, 0.15) is 53.3 Å². The fourth-order valence-electron chi connectivity index (χ4n) is 5.00. The molecule has 9 heteroatoms. The summed E-state index contributed by atoms with van der Waals surface area (Å²) in [6.07, 6.45) is 4.42. The molecule has 2 N–H and O–H groups in total. The van der Waals surface area contributed by atoms with Gasteiger partial charge >= 0.3 is 0 Å². The third-order valence-electron chi connectivity index (χ3n) is 6.81. The van der Waals surface area contributed by atoms with Crippen LogP contribution in [0.15, 0.2) is 59.8 Å². The SMILES string of the molecule is O=C(Cc1cnccc1[C@H]1C[C@@H](O)[C@@]2(O)CCC[C@H]2O1)c1ccnn(-c2ccccc2F)c1=O. The van der Waals surface area contributed by atoms with Gasteiger partial charge in [0.25, 0.3) is 5.56 Å². The summed E-state index contributed by atoms with van der Waals surface area (Å²) in [4.78, 5) is 30.2. The first-order valence-electron chi connectivity index (χ1n) is 11.2. The van der Waals surface area contributed by atoms with Crippen molar-refractivity contribution in [3.8, 4) is 5.69 Å². The first kappa shape index (κ1) is 22.5. The summed E-state index contributed by atoms with van der Waals surface area (Å²) in [7, 11) is 0. The van der Waals surface area contributed by atoms with E-state index in [2.05, 4.69) is 10.1 Å². The number of carbonyl (C=O) groups excluding carboxylic acids is 1. The molecule has 1 saturated heterocycles. The summed E-state index contributed by atoms with van der Waals surface area (Å²) in [6, 6.07) is 8.74. The van der Waals surface area contributed by atoms with E-state index in [1.54, 1.807) is 18.3 Å². The summed E-state index contributed by atoms with van der Waals surface area (Å²) >= 11 is 0. The summed E-state index contributed by atoms with van der Waals surface area (Å²) in [5.41, 5.74) is -0.889. The topological polar surface area (TPSA) is 115 Å². The summed E-state index contributed by atoms with van der Waals surface area (Å²) in [5, 5.41) is 25.3. The van der Waals surface area contributed by atoms with Gasteiger partial charge in [0.1, 0.15) is 17.1 Å². The lowest BCUT2D eigenvalue weighted by Crippen LogP contribution is -2.54. The zero-order valence-corrected chi connectivity index (χ0v) is 18.3. The second kappa shape index (κ2) is 8.83. The molecule has 2 aliphatic rings. The van der Waals surface area contributed by atoms with E-state index < -0.39 is 41.1 Å². The molecule has 5 rings (SSSR count). The molecule has 34 heavy (non-hydrogen) atoms. The maximum atomic E-state index is 14.2. The minimum atomic E-state index is -1.24. The van der Waals surface area contributed by atoms with Gasteiger partial charge in [-0.25, -0.2) is 4.39 Å². The highest BCUT2D eigenvalue weighted by atomic mass is 19.1. The van der Waals surface area contributed by atoms with Crippen LogP contribution in [0.5, 0.6) is 0 Å². The van der Waals surface area contributed by atoms with E-state index in [0.717, 1.165) is 11.1 Å². The number of ketones is 1. The number of halogens is 1. The van der Waals surface area contributed by atoms with Crippen LogP contribution in [0.2, 0.25) is 0 Å². The highest BCUT2D eigenvalue weighted by molar-refractivity contribution is 5.97. The number of aromatic nitrogens is 3. The van der Waals surface area contributed by atoms with E-state index >= 15 is 0 Å². The van der Waals surface area contributed by atoms with Gasteiger partial charge in [-0.3, -0.25) is 14.6 Å². The van der Waals surface area contributed by atoms with Crippen LogP contribution in [-0.4, -0.2) is 48.6 Å². The number of para-hydroxylation sites is 1. The van der Waals surface area contributed by atoms with Crippen molar-refractivity contribution in [3.05, 3.63) is 87.9 Å². The van der Waals surface area contributed by atoms with Crippen molar-refractivity contribution < 1.29 is 24.1 Å². The van der Waals surface area contributed by atoms with E-state index in [1.165, 1.54) is 36.7 Å². The van der Waals surface area contributed by atoms with Crippen LogP contribution in [0.25, 0.3) is 5.69 Å². The van der Waals surface area contributed by atoms with Gasteiger partial charge in [0.2, 0.25) is 0 Å². The Morgan fingerprint density at radius 1 is 1.24 bits per heavy atom. The number of hydrogen-bond donors (Lipinski definition) is 2. The van der Waals surface area contributed by atoms with E-state index in [4.69, 9.17) is 4.74 Å². The number of rotatable bonds is 5. The molecule has 8 nitrogen and oxygen atoms in total. The number of benzene rings is 1. The Morgan fingerprint density at radius 2 is 2.06 bits per heavy atom. The molecule has 0 amide bonds. The summed E-state index contributed by atoms with van der Waals surface area (Å²) in [6.45, 7) is 0. The Kier molecular flexibility index (Phi) is 5.85. The van der Waals surface area contributed by atoms with Crippen LogP contribution < -0.4 is 5.56 Å². The summed E-state index contributed by atoms with van der Waals surface area (Å²) < 4.78 is 21.2. The number of ether oxygens (including phenoxy) is 1. The zero-order chi connectivity index (χ0) is 23.9. The van der Waals surface area contributed by atoms with Crippen LogP contribution in [0, 0.1) is 5.82 Å². The van der Waals surface area contributed by atoms with E-state index in [-0.39, 0.29) is 24.1 Å². The Balaban J connectivity index is 1.43. The van der Waals surface area contributed by atoms with Crippen molar-refractivity contribution in [3.63, 3.8) is 0 Å². The van der Waals surface area contributed by atoms with Gasteiger partial charge in [-0.15, -0.1) is 0 Å². The molecule has 1 aliphatic carbocycles. The average molecular weight is 465 g/mol. The van der Waals surface area contributed by atoms with Crippen molar-refractivity contribution in [2.45, 2.75) is 56.0 Å². The van der Waals surface area contributed by atoms with Gasteiger partial charge in [0.15, 0.2) is 5.78 Å². The average Bonchev–Trinajstić information content (AvgIpc) is 3.22. The van der Waals surface area contributed by atoms with Gasteiger partial charge in [-0.05, 0) is 54.7 Å². The lowest BCUT2D eigenvalue weighted by atomic mass is 9.83. The van der Waals surface area contributed by atoms with Gasteiger partial charge in [-0.1, -0.05) is 12.1 Å². The lowest BCUT2D eigenvalue weighted by Gasteiger charge is -2.43. The van der Waals surface area contributed by atoms with Gasteiger partial charge < -0.3 is 14.9 Å². The zero-order valence-electron chi connectivity index (χ0n) is 18.3. The van der Waals surface area contributed by atoms with Crippen LogP contribution in [0.4, 0.5) is 4.39 Å². The summed E-state index contributed by atoms with van der Waals surface area (Å²) in [5.74, 6) is -1.10. The molecule has 0 spiro atoms.